The summed E-state index contributed by atoms with van der Waals surface area (Å²) in [6.07, 6.45) is 2.82. The zero-order chi connectivity index (χ0) is 20.2. The molecule has 1 aromatic rings. The van der Waals surface area contributed by atoms with Crippen LogP contribution in [-0.4, -0.2) is 39.4 Å². The Morgan fingerprint density at radius 1 is 1.04 bits per heavy atom. The Labute approximate surface area is 163 Å². The van der Waals surface area contributed by atoms with Crippen molar-refractivity contribution in [3.8, 4) is 0 Å². The van der Waals surface area contributed by atoms with E-state index in [9.17, 15) is 0 Å². The molecule has 0 bridgehead atoms. The maximum Gasteiger partial charge on any atom is 0.139 e. The van der Waals surface area contributed by atoms with E-state index in [0.29, 0.717) is 6.73 Å². The SMILES string of the molecule is CC(C)(CO[Si-](C)(C)C(C)(C)C)Cc1ccnn1COCC[Si-](C)(C)C. The second-order valence-corrected chi connectivity index (χ2v) is 21.5. The third-order valence-corrected chi connectivity index (χ3v) is 11.5. The van der Waals surface area contributed by atoms with Crippen molar-refractivity contribution in [2.45, 2.75) is 91.6 Å². The second kappa shape index (κ2) is 8.71. The minimum absolute atomic E-state index is 0.0750. The van der Waals surface area contributed by atoms with Crippen LogP contribution in [0, 0.1) is 5.41 Å². The van der Waals surface area contributed by atoms with Gasteiger partial charge >= 0.3 is 0 Å². The van der Waals surface area contributed by atoms with Gasteiger partial charge in [0, 0.05) is 25.1 Å². The summed E-state index contributed by atoms with van der Waals surface area (Å²) in [6, 6.07) is 3.30. The Hall–Kier alpha value is -0.436. The highest BCUT2D eigenvalue weighted by Crippen LogP contribution is 2.38. The molecule has 0 fully saturated rings. The molecule has 0 aromatic carbocycles. The molecule has 0 unspecified atom stereocenters. The quantitative estimate of drug-likeness (QED) is 0.370. The van der Waals surface area contributed by atoms with Crippen molar-refractivity contribution in [3.05, 3.63) is 18.0 Å². The summed E-state index contributed by atoms with van der Waals surface area (Å²) in [4.78, 5) is 0. The first-order chi connectivity index (χ1) is 11.6. The van der Waals surface area contributed by atoms with Crippen LogP contribution in [-0.2, 0) is 22.3 Å². The van der Waals surface area contributed by atoms with Crippen molar-refractivity contribution >= 4 is 16.4 Å². The number of hydrogen-bond donors (Lipinski definition) is 0. The van der Waals surface area contributed by atoms with E-state index in [2.05, 4.69) is 78.5 Å². The van der Waals surface area contributed by atoms with Crippen molar-refractivity contribution in [1.82, 2.24) is 9.78 Å². The van der Waals surface area contributed by atoms with E-state index in [1.165, 1.54) is 11.7 Å². The van der Waals surface area contributed by atoms with Crippen LogP contribution >= 0.6 is 0 Å². The highest BCUT2D eigenvalue weighted by molar-refractivity contribution is 6.76. The van der Waals surface area contributed by atoms with E-state index in [1.54, 1.807) is 0 Å². The zero-order valence-electron chi connectivity index (χ0n) is 18.9. The summed E-state index contributed by atoms with van der Waals surface area (Å²) in [5, 5.41) is 4.70. The van der Waals surface area contributed by atoms with Gasteiger partial charge < -0.3 is 9.16 Å². The smallest absolute Gasteiger partial charge is 0.139 e. The number of aromatic nitrogens is 2. The molecule has 0 aliphatic carbocycles. The van der Waals surface area contributed by atoms with E-state index in [1.807, 2.05) is 10.9 Å². The Morgan fingerprint density at radius 3 is 2.19 bits per heavy atom. The summed E-state index contributed by atoms with van der Waals surface area (Å²) in [5.74, 6) is 0. The van der Waals surface area contributed by atoms with Crippen LogP contribution in [0.2, 0.25) is 43.8 Å². The van der Waals surface area contributed by atoms with Gasteiger partial charge in [0.2, 0.25) is 0 Å². The molecule has 0 atom stereocenters. The van der Waals surface area contributed by atoms with Gasteiger partial charge in [-0.15, -0.1) is 32.3 Å². The van der Waals surface area contributed by atoms with Crippen molar-refractivity contribution in [2.24, 2.45) is 5.41 Å². The van der Waals surface area contributed by atoms with Crippen LogP contribution in [0.3, 0.4) is 0 Å². The first kappa shape index (κ1) is 23.6. The highest BCUT2D eigenvalue weighted by atomic mass is 28.4. The maximum atomic E-state index is 6.47. The Balaban J connectivity index is 2.59. The van der Waals surface area contributed by atoms with Gasteiger partial charge in [-0.05, 0) is 26.2 Å². The average Bonchev–Trinajstić information content (AvgIpc) is 2.86. The van der Waals surface area contributed by atoms with Crippen LogP contribution in [0.1, 0.15) is 40.3 Å². The van der Waals surface area contributed by atoms with Gasteiger partial charge in [-0.2, -0.15) is 24.7 Å². The molecule has 0 amide bonds. The zero-order valence-corrected chi connectivity index (χ0v) is 20.9. The molecule has 0 aliphatic heterocycles. The second-order valence-electron chi connectivity index (χ2n) is 11.1. The molecule has 6 heteroatoms. The van der Waals surface area contributed by atoms with Crippen LogP contribution in [0.5, 0.6) is 0 Å². The molecule has 0 saturated carbocycles. The third kappa shape index (κ3) is 8.07. The molecule has 1 aromatic heterocycles. The molecule has 154 valence electrons. The van der Waals surface area contributed by atoms with Crippen LogP contribution in [0.15, 0.2) is 12.3 Å². The van der Waals surface area contributed by atoms with Crippen LogP contribution in [0.25, 0.3) is 0 Å². The Kier molecular flexibility index (Phi) is 7.91. The third-order valence-electron chi connectivity index (χ3n) is 5.30. The van der Waals surface area contributed by atoms with Gasteiger partial charge in [-0.3, -0.25) is 0 Å². The first-order valence-corrected chi connectivity index (χ1v) is 16.5. The standard InChI is InChI=1S/C20H42N2O2Si2/c1-19(2,3)26(9,10)24-16-20(4,5)15-18-11-12-21-22(18)17-23-13-14-25(6,7)8/h11-12H,13-17H2,1-10H3/q-2. The number of ether oxygens (including phenoxy) is 1. The lowest BCUT2D eigenvalue weighted by Crippen LogP contribution is -2.43. The topological polar surface area (TPSA) is 36.3 Å². The molecule has 0 N–H and O–H groups in total. The minimum atomic E-state index is -1.72. The first-order valence-electron chi connectivity index (χ1n) is 9.85. The minimum Gasteiger partial charge on any atom is -0.564 e. The summed E-state index contributed by atoms with van der Waals surface area (Å²) in [5.41, 5.74) is 1.30. The summed E-state index contributed by atoms with van der Waals surface area (Å²) in [7, 11) is -2.76. The lowest BCUT2D eigenvalue weighted by atomic mass is 9.89. The van der Waals surface area contributed by atoms with E-state index < -0.39 is 16.4 Å². The fraction of sp³-hybridized carbons (Fsp3) is 0.850. The van der Waals surface area contributed by atoms with E-state index in [4.69, 9.17) is 9.16 Å². The van der Waals surface area contributed by atoms with Crippen molar-refractivity contribution < 1.29 is 9.16 Å². The largest absolute Gasteiger partial charge is 0.564 e. The summed E-state index contributed by atoms with van der Waals surface area (Å²) in [6.45, 7) is 25.4. The maximum absolute atomic E-state index is 6.47. The van der Waals surface area contributed by atoms with Gasteiger partial charge in [0.05, 0.1) is 0 Å². The van der Waals surface area contributed by atoms with Crippen molar-refractivity contribution in [3.63, 3.8) is 0 Å². The van der Waals surface area contributed by atoms with E-state index in [0.717, 1.165) is 19.6 Å². The molecule has 4 nitrogen and oxygen atoms in total. The predicted molar refractivity (Wildman–Crippen MR) is 117 cm³/mol. The molecule has 0 saturated heterocycles. The lowest BCUT2D eigenvalue weighted by Gasteiger charge is -2.50. The van der Waals surface area contributed by atoms with Gasteiger partial charge in [-0.1, -0.05) is 34.6 Å². The molecule has 26 heavy (non-hydrogen) atoms. The average molecular weight is 399 g/mol. The van der Waals surface area contributed by atoms with Crippen molar-refractivity contribution in [1.29, 1.82) is 0 Å². The molecule has 1 heterocycles. The van der Waals surface area contributed by atoms with Gasteiger partial charge in [0.15, 0.2) is 0 Å². The molecule has 1 rings (SSSR count). The fourth-order valence-electron chi connectivity index (χ4n) is 2.29. The van der Waals surface area contributed by atoms with Gasteiger partial charge in [0.1, 0.15) is 6.73 Å². The van der Waals surface area contributed by atoms with Crippen molar-refractivity contribution in [2.75, 3.05) is 13.2 Å². The Morgan fingerprint density at radius 2 is 1.65 bits per heavy atom. The molecular weight excluding hydrogens is 356 g/mol. The highest BCUT2D eigenvalue weighted by Gasteiger charge is 2.28. The lowest BCUT2D eigenvalue weighted by molar-refractivity contribution is 0.0740. The van der Waals surface area contributed by atoms with Gasteiger partial charge in [0.25, 0.3) is 0 Å². The number of nitrogens with zero attached hydrogens (tertiary/aromatic N) is 2. The van der Waals surface area contributed by atoms with Gasteiger partial charge in [-0.25, -0.2) is 4.68 Å². The molecule has 0 radical (unpaired) electrons. The van der Waals surface area contributed by atoms with Crippen LogP contribution < -0.4 is 0 Å². The summed E-state index contributed by atoms with van der Waals surface area (Å²) >= 11 is 0. The van der Waals surface area contributed by atoms with E-state index in [-0.39, 0.29) is 10.5 Å². The Bertz CT molecular complexity index is 555. The van der Waals surface area contributed by atoms with Crippen LogP contribution in [0.4, 0.5) is 0 Å². The number of rotatable bonds is 10. The normalized spacial score (nSPS) is 14.1. The monoisotopic (exact) mass is 398 g/mol. The number of hydrogen-bond acceptors (Lipinski definition) is 3. The fourth-order valence-corrected chi connectivity index (χ4v) is 4.23. The summed E-state index contributed by atoms with van der Waals surface area (Å²) < 4.78 is 14.3. The molecular formula is C20H42N2O2Si2-2. The molecule has 0 aliphatic rings. The van der Waals surface area contributed by atoms with E-state index >= 15 is 0 Å². The predicted octanol–water partition coefficient (Wildman–Crippen LogP) is 5.79. The molecule has 0 spiro atoms.